The molecule has 0 atom stereocenters. The van der Waals surface area contributed by atoms with E-state index in [1.165, 1.54) is 0 Å². The van der Waals surface area contributed by atoms with Crippen LogP contribution in [0.3, 0.4) is 0 Å². The Morgan fingerprint density at radius 2 is 1.44 bits per heavy atom. The van der Waals surface area contributed by atoms with Crippen LogP contribution in [0.25, 0.3) is 0 Å². The third-order valence-corrected chi connectivity index (χ3v) is 2.18. The van der Waals surface area contributed by atoms with Gasteiger partial charge < -0.3 is 21.3 Å². The topological polar surface area (TPSA) is 95.2 Å². The molecule has 0 radical (unpaired) electrons. The van der Waals surface area contributed by atoms with Crippen LogP contribution in [0.5, 0.6) is 0 Å². The van der Waals surface area contributed by atoms with Gasteiger partial charge in [-0.3, -0.25) is 4.98 Å². The molecule has 4 amide bonds. The molecule has 0 fully saturated rings. The van der Waals surface area contributed by atoms with Crippen LogP contribution < -0.4 is 21.3 Å². The van der Waals surface area contributed by atoms with Crippen molar-refractivity contribution < 1.29 is 9.59 Å². The van der Waals surface area contributed by atoms with Gasteiger partial charge in [0, 0.05) is 14.1 Å². The van der Waals surface area contributed by atoms with Crippen LogP contribution >= 0.6 is 0 Å². The minimum absolute atomic E-state index is 0.259. The average Bonchev–Trinajstić information content (AvgIpc) is 2.42. The Kier molecular flexibility index (Phi) is 5.43. The summed E-state index contributed by atoms with van der Waals surface area (Å²) in [5.41, 5.74) is 1.46. The highest BCUT2D eigenvalue weighted by Crippen LogP contribution is 1.99. The Bertz CT molecular complexity index is 386. The first kappa shape index (κ1) is 13.8. The Labute approximate surface area is 105 Å². The summed E-state index contributed by atoms with van der Waals surface area (Å²) in [6.45, 7) is 0.682. The second-order valence-electron chi connectivity index (χ2n) is 3.49. The van der Waals surface area contributed by atoms with Gasteiger partial charge in [0.1, 0.15) is 0 Å². The van der Waals surface area contributed by atoms with E-state index in [9.17, 15) is 9.59 Å². The van der Waals surface area contributed by atoms with Crippen molar-refractivity contribution in [3.63, 3.8) is 0 Å². The van der Waals surface area contributed by atoms with E-state index in [0.29, 0.717) is 13.1 Å². The maximum absolute atomic E-state index is 11.0. The molecule has 0 aliphatic rings. The predicted octanol–water partition coefficient (Wildman–Crippen LogP) is -0.0604. The fourth-order valence-electron chi connectivity index (χ4n) is 1.24. The molecule has 7 nitrogen and oxygen atoms in total. The highest BCUT2D eigenvalue weighted by atomic mass is 16.2. The molecule has 0 saturated carbocycles. The number of urea groups is 2. The Morgan fingerprint density at radius 1 is 1.00 bits per heavy atom. The zero-order valence-corrected chi connectivity index (χ0v) is 10.4. The minimum Gasteiger partial charge on any atom is -0.341 e. The molecule has 0 aromatic carbocycles. The van der Waals surface area contributed by atoms with E-state index >= 15 is 0 Å². The molecule has 0 bridgehead atoms. The van der Waals surface area contributed by atoms with Gasteiger partial charge in [-0.2, -0.15) is 0 Å². The first-order valence-electron chi connectivity index (χ1n) is 5.51. The number of rotatable bonds is 4. The summed E-state index contributed by atoms with van der Waals surface area (Å²) in [6, 6.07) is 4.92. The summed E-state index contributed by atoms with van der Waals surface area (Å²) in [7, 11) is 3.10. The molecular formula is C11H17N5O2. The lowest BCUT2D eigenvalue weighted by Gasteiger charge is -2.07. The van der Waals surface area contributed by atoms with Crippen molar-refractivity contribution in [3.8, 4) is 0 Å². The van der Waals surface area contributed by atoms with Crippen LogP contribution in [0.15, 0.2) is 18.2 Å². The second-order valence-corrected chi connectivity index (χ2v) is 3.49. The Balaban J connectivity index is 2.51. The van der Waals surface area contributed by atoms with E-state index < -0.39 is 0 Å². The molecule has 1 aromatic rings. The first-order valence-corrected chi connectivity index (χ1v) is 5.51. The SMILES string of the molecule is CNC(=O)NCc1cccc(CNC(=O)NC)n1. The van der Waals surface area contributed by atoms with E-state index in [1.807, 2.05) is 6.07 Å². The van der Waals surface area contributed by atoms with E-state index in [1.54, 1.807) is 26.2 Å². The van der Waals surface area contributed by atoms with E-state index in [0.717, 1.165) is 11.4 Å². The van der Waals surface area contributed by atoms with Gasteiger partial charge >= 0.3 is 12.1 Å². The summed E-state index contributed by atoms with van der Waals surface area (Å²) >= 11 is 0. The molecule has 1 aromatic heterocycles. The minimum atomic E-state index is -0.259. The first-order chi connectivity index (χ1) is 8.65. The van der Waals surface area contributed by atoms with Crippen molar-refractivity contribution in [3.05, 3.63) is 29.6 Å². The number of nitrogens with zero attached hydrogens (tertiary/aromatic N) is 1. The molecule has 0 aliphatic carbocycles. The Morgan fingerprint density at radius 3 is 1.83 bits per heavy atom. The van der Waals surface area contributed by atoms with Gasteiger partial charge in [-0.1, -0.05) is 6.07 Å². The Hall–Kier alpha value is -2.31. The molecule has 7 heteroatoms. The van der Waals surface area contributed by atoms with Crippen LogP contribution in [0.1, 0.15) is 11.4 Å². The molecule has 18 heavy (non-hydrogen) atoms. The third kappa shape index (κ3) is 4.69. The molecule has 1 heterocycles. The molecule has 0 spiro atoms. The molecule has 0 saturated heterocycles. The lowest BCUT2D eigenvalue weighted by Crippen LogP contribution is -2.33. The van der Waals surface area contributed by atoms with Crippen molar-refractivity contribution in [2.24, 2.45) is 0 Å². The van der Waals surface area contributed by atoms with E-state index in [2.05, 4.69) is 26.3 Å². The summed E-state index contributed by atoms with van der Waals surface area (Å²) in [4.78, 5) is 26.3. The van der Waals surface area contributed by atoms with Crippen molar-refractivity contribution in [2.75, 3.05) is 14.1 Å². The number of hydrogen-bond donors (Lipinski definition) is 4. The lowest BCUT2D eigenvalue weighted by atomic mass is 10.3. The van der Waals surface area contributed by atoms with Crippen molar-refractivity contribution >= 4 is 12.1 Å². The van der Waals surface area contributed by atoms with E-state index in [-0.39, 0.29) is 12.1 Å². The number of nitrogens with one attached hydrogen (secondary N) is 4. The van der Waals surface area contributed by atoms with Gasteiger partial charge in [0.05, 0.1) is 24.5 Å². The molecule has 0 unspecified atom stereocenters. The van der Waals surface area contributed by atoms with Gasteiger partial charge in [0.15, 0.2) is 0 Å². The van der Waals surface area contributed by atoms with Gasteiger partial charge in [0.25, 0.3) is 0 Å². The van der Waals surface area contributed by atoms with Crippen molar-refractivity contribution in [1.82, 2.24) is 26.3 Å². The quantitative estimate of drug-likeness (QED) is 0.603. The maximum Gasteiger partial charge on any atom is 0.314 e. The number of carbonyl (C=O) groups is 2. The molecule has 1 rings (SSSR count). The van der Waals surface area contributed by atoms with Crippen LogP contribution in [0, 0.1) is 0 Å². The predicted molar refractivity (Wildman–Crippen MR) is 66.8 cm³/mol. The number of pyridine rings is 1. The molecule has 0 aliphatic heterocycles. The second kappa shape index (κ2) is 7.10. The summed E-state index contributed by atoms with van der Waals surface area (Å²) in [5, 5.41) is 10.2. The molecule has 98 valence electrons. The third-order valence-electron chi connectivity index (χ3n) is 2.18. The number of amides is 4. The normalized spacial score (nSPS) is 9.44. The number of hydrogen-bond acceptors (Lipinski definition) is 3. The van der Waals surface area contributed by atoms with Gasteiger partial charge in [-0.05, 0) is 12.1 Å². The number of carbonyl (C=O) groups excluding carboxylic acids is 2. The molecular weight excluding hydrogens is 234 g/mol. The highest BCUT2D eigenvalue weighted by molar-refractivity contribution is 5.73. The lowest BCUT2D eigenvalue weighted by molar-refractivity contribution is 0.242. The van der Waals surface area contributed by atoms with Gasteiger partial charge in [-0.25, -0.2) is 9.59 Å². The zero-order valence-electron chi connectivity index (χ0n) is 10.4. The number of aromatic nitrogens is 1. The van der Waals surface area contributed by atoms with Crippen LogP contribution in [-0.4, -0.2) is 31.1 Å². The van der Waals surface area contributed by atoms with Crippen LogP contribution in [0.4, 0.5) is 9.59 Å². The van der Waals surface area contributed by atoms with Crippen molar-refractivity contribution in [1.29, 1.82) is 0 Å². The standard InChI is InChI=1S/C11H17N5O2/c1-12-10(17)14-6-8-4-3-5-9(16-8)7-15-11(18)13-2/h3-5H,6-7H2,1-2H3,(H2,12,14,17)(H2,13,15,18). The van der Waals surface area contributed by atoms with E-state index in [4.69, 9.17) is 0 Å². The smallest absolute Gasteiger partial charge is 0.314 e. The van der Waals surface area contributed by atoms with Crippen LogP contribution in [0.2, 0.25) is 0 Å². The fourth-order valence-corrected chi connectivity index (χ4v) is 1.24. The average molecular weight is 251 g/mol. The van der Waals surface area contributed by atoms with Crippen molar-refractivity contribution in [2.45, 2.75) is 13.1 Å². The molecule has 4 N–H and O–H groups in total. The monoisotopic (exact) mass is 251 g/mol. The maximum atomic E-state index is 11.0. The summed E-state index contributed by atoms with van der Waals surface area (Å²) < 4.78 is 0. The fraction of sp³-hybridized carbons (Fsp3) is 0.364. The summed E-state index contributed by atoms with van der Waals surface area (Å²) in [6.07, 6.45) is 0. The van der Waals surface area contributed by atoms with Crippen LogP contribution in [-0.2, 0) is 13.1 Å². The highest BCUT2D eigenvalue weighted by Gasteiger charge is 2.02. The van der Waals surface area contributed by atoms with Gasteiger partial charge in [-0.15, -0.1) is 0 Å². The zero-order chi connectivity index (χ0) is 13.4. The summed E-state index contributed by atoms with van der Waals surface area (Å²) in [5.74, 6) is 0. The van der Waals surface area contributed by atoms with Gasteiger partial charge in [0.2, 0.25) is 0 Å². The largest absolute Gasteiger partial charge is 0.341 e.